The lowest BCUT2D eigenvalue weighted by Gasteiger charge is -2.08. The minimum absolute atomic E-state index is 0.0274. The number of ether oxygens (including phenoxy) is 2. The molecule has 2 rings (SSSR count). The Balaban J connectivity index is 1.91. The lowest BCUT2D eigenvalue weighted by Crippen LogP contribution is -2.24. The molecule has 0 heterocycles. The highest BCUT2D eigenvalue weighted by Crippen LogP contribution is 2.30. The van der Waals surface area contributed by atoms with E-state index in [0.29, 0.717) is 26.0 Å². The third-order valence-corrected chi connectivity index (χ3v) is 4.63. The third kappa shape index (κ3) is 5.72. The second kappa shape index (κ2) is 9.21. The van der Waals surface area contributed by atoms with Gasteiger partial charge in [0.05, 0.1) is 22.3 Å². The van der Waals surface area contributed by atoms with Crippen LogP contribution in [0.5, 0.6) is 17.2 Å². The number of aromatic hydroxyl groups is 1. The molecule has 0 fully saturated rings. The van der Waals surface area contributed by atoms with Gasteiger partial charge >= 0.3 is 0 Å². The van der Waals surface area contributed by atoms with E-state index in [2.05, 4.69) is 58.3 Å². The van der Waals surface area contributed by atoms with Gasteiger partial charge in [0.1, 0.15) is 17.2 Å². The molecule has 2 N–H and O–H groups in total. The normalized spacial score (nSPS) is 10.7. The molecule has 2 aromatic rings. The number of methoxy groups -OCH3 is 1. The van der Waals surface area contributed by atoms with Crippen LogP contribution < -0.4 is 14.9 Å². The maximum Gasteiger partial charge on any atom is 0.277 e. The zero-order valence-corrected chi connectivity index (χ0v) is 17.7. The van der Waals surface area contributed by atoms with Crippen LogP contribution in [-0.2, 0) is 4.79 Å². The smallest absolute Gasteiger partial charge is 0.277 e. The molecule has 25 heavy (non-hydrogen) atoms. The van der Waals surface area contributed by atoms with E-state index in [4.69, 9.17) is 9.47 Å². The quantitative estimate of drug-likeness (QED) is 0.428. The Morgan fingerprint density at radius 1 is 1.24 bits per heavy atom. The van der Waals surface area contributed by atoms with Gasteiger partial charge in [0.2, 0.25) is 0 Å². The van der Waals surface area contributed by atoms with Gasteiger partial charge in [-0.05, 0) is 62.2 Å². The van der Waals surface area contributed by atoms with Crippen molar-refractivity contribution in [2.75, 3.05) is 13.7 Å². The van der Waals surface area contributed by atoms with Gasteiger partial charge in [0.25, 0.3) is 5.91 Å². The first-order valence-electron chi connectivity index (χ1n) is 6.87. The fraction of sp³-hybridized carbons (Fsp3) is 0.125. The number of phenols is 1. The fourth-order valence-electron chi connectivity index (χ4n) is 1.76. The summed E-state index contributed by atoms with van der Waals surface area (Å²) in [4.78, 5) is 11.8. The molecule has 0 saturated heterocycles. The molecule has 0 atom stereocenters. The summed E-state index contributed by atoms with van der Waals surface area (Å²) < 4.78 is 12.4. The van der Waals surface area contributed by atoms with Crippen molar-refractivity contribution in [3.05, 3.63) is 49.3 Å². The first kappa shape index (κ1) is 19.7. The van der Waals surface area contributed by atoms with Gasteiger partial charge in [0, 0.05) is 10.0 Å². The summed E-state index contributed by atoms with van der Waals surface area (Å²) in [6.07, 6.45) is 1.34. The second-order valence-corrected chi connectivity index (χ2v) is 7.33. The summed E-state index contributed by atoms with van der Waals surface area (Å²) in [6, 6.07) is 8.52. The van der Waals surface area contributed by atoms with Gasteiger partial charge in [-0.3, -0.25) is 4.79 Å². The summed E-state index contributed by atoms with van der Waals surface area (Å²) in [7, 11) is 1.56. The van der Waals surface area contributed by atoms with Crippen LogP contribution >= 0.6 is 47.8 Å². The van der Waals surface area contributed by atoms with E-state index < -0.39 is 5.91 Å². The molecule has 0 unspecified atom stereocenters. The molecule has 0 aliphatic heterocycles. The highest BCUT2D eigenvalue weighted by molar-refractivity contribution is 9.11. The largest absolute Gasteiger partial charge is 0.506 e. The molecule has 132 valence electrons. The summed E-state index contributed by atoms with van der Waals surface area (Å²) >= 11 is 9.88. The number of hydrazone groups is 1. The molecular weight excluding hydrogens is 524 g/mol. The van der Waals surface area contributed by atoms with Crippen molar-refractivity contribution in [2.45, 2.75) is 0 Å². The number of halogens is 3. The number of hydrogen-bond acceptors (Lipinski definition) is 5. The number of nitrogens with one attached hydrogen (secondary N) is 1. The number of phenolic OH excluding ortho intramolecular Hbond substituents is 1. The van der Waals surface area contributed by atoms with Crippen LogP contribution in [0.2, 0.25) is 0 Å². The van der Waals surface area contributed by atoms with E-state index in [-0.39, 0.29) is 12.4 Å². The van der Waals surface area contributed by atoms with Crippen LogP contribution in [0.4, 0.5) is 0 Å². The molecule has 1 amide bonds. The van der Waals surface area contributed by atoms with Crippen molar-refractivity contribution in [2.24, 2.45) is 5.10 Å². The van der Waals surface area contributed by atoms with Crippen molar-refractivity contribution < 1.29 is 19.4 Å². The van der Waals surface area contributed by atoms with Gasteiger partial charge in [-0.15, -0.1) is 0 Å². The number of hydrogen-bond donors (Lipinski definition) is 2. The van der Waals surface area contributed by atoms with Crippen molar-refractivity contribution in [1.82, 2.24) is 5.43 Å². The van der Waals surface area contributed by atoms with E-state index in [0.717, 1.165) is 4.47 Å². The van der Waals surface area contributed by atoms with Gasteiger partial charge in [-0.25, -0.2) is 5.43 Å². The van der Waals surface area contributed by atoms with Crippen molar-refractivity contribution in [1.29, 1.82) is 0 Å². The average molecular weight is 537 g/mol. The minimum Gasteiger partial charge on any atom is -0.506 e. The Morgan fingerprint density at radius 3 is 2.68 bits per heavy atom. The molecule has 6 nitrogen and oxygen atoms in total. The first-order valence-corrected chi connectivity index (χ1v) is 9.25. The highest BCUT2D eigenvalue weighted by atomic mass is 79.9. The topological polar surface area (TPSA) is 80.2 Å². The van der Waals surface area contributed by atoms with E-state index in [9.17, 15) is 9.90 Å². The fourth-order valence-corrected chi connectivity index (χ4v) is 3.49. The Kier molecular flexibility index (Phi) is 7.27. The molecule has 0 saturated carbocycles. The van der Waals surface area contributed by atoms with Gasteiger partial charge in [-0.2, -0.15) is 5.10 Å². The number of nitrogens with zero attached hydrogens (tertiary/aromatic N) is 1. The van der Waals surface area contributed by atoms with Gasteiger partial charge in [-0.1, -0.05) is 15.9 Å². The Hall–Kier alpha value is -1.58. The van der Waals surface area contributed by atoms with Gasteiger partial charge in [0.15, 0.2) is 6.61 Å². The van der Waals surface area contributed by atoms with E-state index >= 15 is 0 Å². The Labute approximate surface area is 169 Å². The number of carbonyl (C=O) groups is 1. The van der Waals surface area contributed by atoms with Crippen molar-refractivity contribution in [3.8, 4) is 17.2 Å². The monoisotopic (exact) mass is 534 g/mol. The highest BCUT2D eigenvalue weighted by Gasteiger charge is 2.07. The Morgan fingerprint density at radius 2 is 2.00 bits per heavy atom. The molecule has 0 radical (unpaired) electrons. The summed E-state index contributed by atoms with van der Waals surface area (Å²) in [6.45, 7) is -0.212. The SMILES string of the molecule is COc1ccc(OCC(=O)N/N=C\c2cc(Br)cc(Br)c2O)c(Br)c1. The van der Waals surface area contributed by atoms with Gasteiger partial charge < -0.3 is 14.6 Å². The lowest BCUT2D eigenvalue weighted by atomic mass is 10.2. The van der Waals surface area contributed by atoms with Crippen LogP contribution in [0, 0.1) is 0 Å². The van der Waals surface area contributed by atoms with Crippen molar-refractivity contribution in [3.63, 3.8) is 0 Å². The first-order chi connectivity index (χ1) is 11.9. The standard InChI is InChI=1S/C16H13Br3N2O4/c1-24-11-2-3-14(12(18)6-11)25-8-15(22)21-20-7-9-4-10(17)5-13(19)16(9)23/h2-7,23H,8H2,1H3,(H,21,22)/b20-7-. The van der Waals surface area contributed by atoms with Crippen LogP contribution in [0.3, 0.4) is 0 Å². The third-order valence-electron chi connectivity index (χ3n) is 2.95. The van der Waals surface area contributed by atoms with Crippen LogP contribution in [-0.4, -0.2) is 30.9 Å². The minimum atomic E-state index is -0.437. The summed E-state index contributed by atoms with van der Waals surface area (Å²) in [5.41, 5.74) is 2.78. The van der Waals surface area contributed by atoms with E-state index in [1.807, 2.05) is 0 Å². The maximum absolute atomic E-state index is 11.8. The summed E-state index contributed by atoms with van der Waals surface area (Å²) in [5, 5.41) is 13.7. The molecular formula is C16H13Br3N2O4. The summed E-state index contributed by atoms with van der Waals surface area (Å²) in [5.74, 6) is 0.772. The molecule has 9 heteroatoms. The molecule has 0 spiro atoms. The van der Waals surface area contributed by atoms with Crippen LogP contribution in [0.25, 0.3) is 0 Å². The number of amides is 1. The van der Waals surface area contributed by atoms with Crippen LogP contribution in [0.15, 0.2) is 48.9 Å². The zero-order valence-electron chi connectivity index (χ0n) is 12.9. The lowest BCUT2D eigenvalue weighted by molar-refractivity contribution is -0.123. The zero-order chi connectivity index (χ0) is 18.4. The second-order valence-electron chi connectivity index (χ2n) is 4.70. The molecule has 0 aliphatic rings. The molecule has 0 aromatic heterocycles. The maximum atomic E-state index is 11.8. The number of benzene rings is 2. The predicted molar refractivity (Wildman–Crippen MR) is 105 cm³/mol. The molecule has 0 bridgehead atoms. The molecule has 2 aromatic carbocycles. The number of rotatable bonds is 6. The number of carbonyl (C=O) groups excluding carboxylic acids is 1. The average Bonchev–Trinajstić information content (AvgIpc) is 2.57. The Bertz CT molecular complexity index is 812. The molecule has 0 aliphatic carbocycles. The van der Waals surface area contributed by atoms with E-state index in [1.54, 1.807) is 37.4 Å². The van der Waals surface area contributed by atoms with E-state index in [1.165, 1.54) is 6.21 Å². The predicted octanol–water partition coefficient (Wildman–Crippen LogP) is 4.22. The van der Waals surface area contributed by atoms with Crippen LogP contribution in [0.1, 0.15) is 5.56 Å². The van der Waals surface area contributed by atoms with Crippen molar-refractivity contribution >= 4 is 59.9 Å².